The lowest BCUT2D eigenvalue weighted by Crippen LogP contribution is -2.53. The highest BCUT2D eigenvalue weighted by atomic mass is 32.2. The molecule has 1 saturated heterocycles. The van der Waals surface area contributed by atoms with Crippen LogP contribution in [0.2, 0.25) is 0 Å². The number of piperazine rings is 1. The maximum Gasteiger partial charge on any atom is 0.249 e. The summed E-state index contributed by atoms with van der Waals surface area (Å²) < 4.78 is 27.3. The number of hydrogen-bond donors (Lipinski definition) is 1. The first kappa shape index (κ1) is 23.9. The van der Waals surface area contributed by atoms with Crippen molar-refractivity contribution in [3.63, 3.8) is 0 Å². The Balaban J connectivity index is 1.71. The third-order valence-electron chi connectivity index (χ3n) is 5.49. The Morgan fingerprint density at radius 3 is 2.09 bits per heavy atom. The van der Waals surface area contributed by atoms with Crippen LogP contribution in [0.1, 0.15) is 37.4 Å². The number of sulfonamides is 1. The Kier molecular flexibility index (Phi) is 7.69. The van der Waals surface area contributed by atoms with Crippen LogP contribution >= 0.6 is 0 Å². The molecule has 7 nitrogen and oxygen atoms in total. The maximum atomic E-state index is 13.3. The topological polar surface area (TPSA) is 86.8 Å². The van der Waals surface area contributed by atoms with Gasteiger partial charge in [-0.25, -0.2) is 8.42 Å². The number of carbonyl (C=O) groups is 2. The molecule has 0 radical (unpaired) electrons. The molecule has 3 rings (SSSR count). The van der Waals surface area contributed by atoms with Gasteiger partial charge in [-0.1, -0.05) is 61.9 Å². The number of benzene rings is 2. The molecule has 0 bridgehead atoms. The van der Waals surface area contributed by atoms with Crippen LogP contribution in [-0.2, 0) is 19.6 Å². The van der Waals surface area contributed by atoms with E-state index in [0.29, 0.717) is 12.0 Å². The first-order valence-electron chi connectivity index (χ1n) is 10.9. The van der Waals surface area contributed by atoms with E-state index < -0.39 is 16.1 Å². The quantitative estimate of drug-likeness (QED) is 0.693. The molecule has 0 aliphatic carbocycles. The van der Waals surface area contributed by atoms with Gasteiger partial charge in [-0.3, -0.25) is 9.59 Å². The third-order valence-corrected chi connectivity index (χ3v) is 7.40. The van der Waals surface area contributed by atoms with Crippen molar-refractivity contribution in [1.29, 1.82) is 0 Å². The fourth-order valence-electron chi connectivity index (χ4n) is 3.71. The van der Waals surface area contributed by atoms with Gasteiger partial charge in [0.25, 0.3) is 0 Å². The van der Waals surface area contributed by atoms with Crippen molar-refractivity contribution in [3.8, 4) is 0 Å². The highest BCUT2D eigenvalue weighted by Crippen LogP contribution is 2.21. The van der Waals surface area contributed by atoms with Crippen molar-refractivity contribution in [2.45, 2.75) is 38.1 Å². The molecule has 0 aromatic heterocycles. The molecule has 1 heterocycles. The van der Waals surface area contributed by atoms with Crippen molar-refractivity contribution in [2.24, 2.45) is 5.92 Å². The van der Waals surface area contributed by atoms with Crippen LogP contribution in [-0.4, -0.2) is 55.6 Å². The van der Waals surface area contributed by atoms with E-state index in [1.807, 2.05) is 51.1 Å². The standard InChI is InChI=1S/C24H31N3O4S/c1-18(2)17-22(28)25-23(20-7-5-4-6-8-20)24(29)26-13-15-27(16-14-26)32(30,31)21-11-9-19(3)10-12-21/h4-12,18,23H,13-17H2,1-3H3,(H,25,28). The predicted molar refractivity (Wildman–Crippen MR) is 123 cm³/mol. The van der Waals surface area contributed by atoms with Crippen LogP contribution in [0.15, 0.2) is 59.5 Å². The van der Waals surface area contributed by atoms with Gasteiger partial charge in [-0.05, 0) is 30.5 Å². The van der Waals surface area contributed by atoms with Crippen LogP contribution in [0.4, 0.5) is 0 Å². The van der Waals surface area contributed by atoms with Crippen molar-refractivity contribution in [3.05, 3.63) is 65.7 Å². The fourth-order valence-corrected chi connectivity index (χ4v) is 5.14. The first-order valence-corrected chi connectivity index (χ1v) is 12.3. The molecule has 0 spiro atoms. The van der Waals surface area contributed by atoms with Gasteiger partial charge in [-0.15, -0.1) is 0 Å². The third kappa shape index (κ3) is 5.75. The molecule has 2 aromatic rings. The molecule has 8 heteroatoms. The second kappa shape index (κ2) is 10.3. The van der Waals surface area contributed by atoms with Gasteiger partial charge >= 0.3 is 0 Å². The molecule has 1 fully saturated rings. The van der Waals surface area contributed by atoms with Crippen molar-refractivity contribution in [1.82, 2.24) is 14.5 Å². The average molecular weight is 458 g/mol. The molecule has 1 N–H and O–H groups in total. The summed E-state index contributed by atoms with van der Waals surface area (Å²) in [6, 6.07) is 15.1. The second-order valence-corrected chi connectivity index (χ2v) is 10.5. The average Bonchev–Trinajstić information content (AvgIpc) is 2.77. The zero-order valence-electron chi connectivity index (χ0n) is 18.8. The van der Waals surface area contributed by atoms with E-state index in [1.165, 1.54) is 4.31 Å². The van der Waals surface area contributed by atoms with Gasteiger partial charge in [0.05, 0.1) is 4.90 Å². The lowest BCUT2D eigenvalue weighted by molar-refractivity contribution is -0.137. The Bertz CT molecular complexity index is 1030. The van der Waals surface area contributed by atoms with Gasteiger partial charge in [0.15, 0.2) is 0 Å². The number of rotatable bonds is 7. The van der Waals surface area contributed by atoms with Crippen LogP contribution in [0.3, 0.4) is 0 Å². The normalized spacial score (nSPS) is 16.1. The minimum absolute atomic E-state index is 0.178. The molecule has 0 saturated carbocycles. The monoisotopic (exact) mass is 457 g/mol. The van der Waals surface area contributed by atoms with Gasteiger partial charge < -0.3 is 10.2 Å². The summed E-state index contributed by atoms with van der Waals surface area (Å²) in [6.45, 7) is 6.77. The zero-order valence-corrected chi connectivity index (χ0v) is 19.6. The Morgan fingerprint density at radius 2 is 1.53 bits per heavy atom. The summed E-state index contributed by atoms with van der Waals surface area (Å²) in [6.07, 6.45) is 0.333. The largest absolute Gasteiger partial charge is 0.341 e. The van der Waals surface area contributed by atoms with E-state index in [-0.39, 0.29) is 48.8 Å². The van der Waals surface area contributed by atoms with Gasteiger partial charge in [-0.2, -0.15) is 4.31 Å². The molecule has 172 valence electrons. The molecule has 1 aliphatic rings. The maximum absolute atomic E-state index is 13.3. The molecule has 2 aromatic carbocycles. The number of carbonyl (C=O) groups excluding carboxylic acids is 2. The highest BCUT2D eigenvalue weighted by molar-refractivity contribution is 7.89. The van der Waals surface area contributed by atoms with E-state index in [0.717, 1.165) is 5.56 Å². The summed E-state index contributed by atoms with van der Waals surface area (Å²) in [7, 11) is -3.61. The number of nitrogens with one attached hydrogen (secondary N) is 1. The van der Waals surface area contributed by atoms with Gasteiger partial charge in [0, 0.05) is 32.6 Å². The van der Waals surface area contributed by atoms with E-state index in [9.17, 15) is 18.0 Å². The lowest BCUT2D eigenvalue weighted by atomic mass is 10.0. The summed E-state index contributed by atoms with van der Waals surface area (Å²) in [5.41, 5.74) is 1.70. The Hall–Kier alpha value is -2.71. The highest BCUT2D eigenvalue weighted by Gasteiger charge is 2.33. The summed E-state index contributed by atoms with van der Waals surface area (Å²) in [5.74, 6) is -0.222. The van der Waals surface area contributed by atoms with E-state index in [1.54, 1.807) is 29.2 Å². The fraction of sp³-hybridized carbons (Fsp3) is 0.417. The van der Waals surface area contributed by atoms with E-state index in [4.69, 9.17) is 0 Å². The summed E-state index contributed by atoms with van der Waals surface area (Å²) >= 11 is 0. The lowest BCUT2D eigenvalue weighted by Gasteiger charge is -2.36. The minimum atomic E-state index is -3.61. The summed E-state index contributed by atoms with van der Waals surface area (Å²) in [5, 5.41) is 2.87. The van der Waals surface area contributed by atoms with Crippen molar-refractivity contribution >= 4 is 21.8 Å². The molecule has 1 aliphatic heterocycles. The second-order valence-electron chi connectivity index (χ2n) is 8.55. The predicted octanol–water partition coefficient (Wildman–Crippen LogP) is 2.73. The van der Waals surface area contributed by atoms with Gasteiger partial charge in [0.2, 0.25) is 21.8 Å². The molecular weight excluding hydrogens is 426 g/mol. The molecule has 1 atom stereocenters. The van der Waals surface area contributed by atoms with Gasteiger partial charge in [0.1, 0.15) is 6.04 Å². The molecule has 32 heavy (non-hydrogen) atoms. The Labute approximate surface area is 190 Å². The number of nitrogens with zero attached hydrogens (tertiary/aromatic N) is 2. The minimum Gasteiger partial charge on any atom is -0.341 e. The smallest absolute Gasteiger partial charge is 0.249 e. The van der Waals surface area contributed by atoms with E-state index >= 15 is 0 Å². The van der Waals surface area contributed by atoms with E-state index in [2.05, 4.69) is 5.32 Å². The molecule has 1 unspecified atom stereocenters. The number of aryl methyl sites for hydroxylation is 1. The van der Waals surface area contributed by atoms with Crippen molar-refractivity contribution in [2.75, 3.05) is 26.2 Å². The van der Waals surface area contributed by atoms with Crippen LogP contribution in [0.5, 0.6) is 0 Å². The van der Waals surface area contributed by atoms with Crippen molar-refractivity contribution < 1.29 is 18.0 Å². The number of amides is 2. The number of hydrogen-bond acceptors (Lipinski definition) is 4. The zero-order chi connectivity index (χ0) is 23.3. The van der Waals surface area contributed by atoms with Crippen LogP contribution in [0.25, 0.3) is 0 Å². The molecular formula is C24H31N3O4S. The van der Waals surface area contributed by atoms with Crippen LogP contribution < -0.4 is 5.32 Å². The van der Waals surface area contributed by atoms with Crippen LogP contribution in [0, 0.1) is 12.8 Å². The summed E-state index contributed by atoms with van der Waals surface area (Å²) in [4.78, 5) is 27.6. The SMILES string of the molecule is Cc1ccc(S(=O)(=O)N2CCN(C(=O)C(NC(=O)CC(C)C)c3ccccc3)CC2)cc1. The Morgan fingerprint density at radius 1 is 0.938 bits per heavy atom. The molecule has 2 amide bonds. The first-order chi connectivity index (χ1) is 15.2.